The molecule has 3 rings (SSSR count). The van der Waals surface area contributed by atoms with Crippen LogP contribution in [0.3, 0.4) is 0 Å². The van der Waals surface area contributed by atoms with Gasteiger partial charge in [-0.2, -0.15) is 28.6 Å². The number of hydrogen-bond acceptors (Lipinski definition) is 4. The van der Waals surface area contributed by atoms with E-state index in [9.17, 15) is 18.0 Å². The number of nitrogens with one attached hydrogen (secondary N) is 1. The topological polar surface area (TPSA) is 71.1 Å². The molecular formula is C14H13F3N4O2. The number of aromatic amines is 1. The van der Waals surface area contributed by atoms with Crippen molar-refractivity contribution in [2.24, 2.45) is 0 Å². The number of halogens is 3. The third kappa shape index (κ3) is 3.19. The zero-order valence-electron chi connectivity index (χ0n) is 11.9. The molecule has 1 aromatic carbocycles. The van der Waals surface area contributed by atoms with Crippen LogP contribution in [0.15, 0.2) is 30.5 Å². The Morgan fingerprint density at radius 3 is 2.83 bits per heavy atom. The first-order valence-electron chi connectivity index (χ1n) is 6.89. The van der Waals surface area contributed by atoms with Gasteiger partial charge in [0, 0.05) is 6.54 Å². The van der Waals surface area contributed by atoms with Crippen LogP contribution in [0.5, 0.6) is 0 Å². The number of rotatable bonds is 2. The molecule has 0 bridgehead atoms. The monoisotopic (exact) mass is 326 g/mol. The lowest BCUT2D eigenvalue weighted by Gasteiger charge is -2.33. The maximum atomic E-state index is 13.1. The van der Waals surface area contributed by atoms with Gasteiger partial charge in [0.1, 0.15) is 6.10 Å². The van der Waals surface area contributed by atoms with E-state index in [0.717, 1.165) is 6.07 Å². The number of H-pyrrole nitrogens is 1. The highest BCUT2D eigenvalue weighted by molar-refractivity contribution is 5.91. The Bertz CT molecular complexity index is 688. The second-order valence-corrected chi connectivity index (χ2v) is 5.05. The van der Waals surface area contributed by atoms with Crippen molar-refractivity contribution in [3.05, 3.63) is 47.3 Å². The molecule has 9 heteroatoms. The van der Waals surface area contributed by atoms with Crippen LogP contribution < -0.4 is 0 Å². The van der Waals surface area contributed by atoms with Gasteiger partial charge in [0.2, 0.25) is 0 Å². The number of benzene rings is 1. The summed E-state index contributed by atoms with van der Waals surface area (Å²) in [6.07, 6.45) is -4.04. The molecule has 23 heavy (non-hydrogen) atoms. The van der Waals surface area contributed by atoms with Crippen molar-refractivity contribution in [3.63, 3.8) is 0 Å². The molecule has 0 saturated carbocycles. The van der Waals surface area contributed by atoms with Crippen LogP contribution in [0, 0.1) is 0 Å². The normalized spacial score (nSPS) is 18.9. The van der Waals surface area contributed by atoms with Crippen LogP contribution in [0.2, 0.25) is 0 Å². The summed E-state index contributed by atoms with van der Waals surface area (Å²) in [5, 5.41) is 9.59. The van der Waals surface area contributed by atoms with Crippen molar-refractivity contribution in [2.45, 2.75) is 12.3 Å². The number of carbonyl (C=O) groups is 1. The van der Waals surface area contributed by atoms with Crippen molar-refractivity contribution in [3.8, 4) is 0 Å². The molecule has 1 fully saturated rings. The van der Waals surface area contributed by atoms with Gasteiger partial charge in [-0.1, -0.05) is 18.2 Å². The van der Waals surface area contributed by atoms with E-state index in [1.54, 1.807) is 0 Å². The molecule has 1 N–H and O–H groups in total. The summed E-state index contributed by atoms with van der Waals surface area (Å²) in [4.78, 5) is 13.7. The van der Waals surface area contributed by atoms with Gasteiger partial charge in [-0.05, 0) is 11.6 Å². The third-order valence-corrected chi connectivity index (χ3v) is 3.60. The Balaban J connectivity index is 1.84. The molecule has 122 valence electrons. The van der Waals surface area contributed by atoms with Crippen LogP contribution >= 0.6 is 0 Å². The fraction of sp³-hybridized carbons (Fsp3) is 0.357. The summed E-state index contributed by atoms with van der Waals surface area (Å²) in [5.41, 5.74) is -0.604. The molecule has 2 aromatic rings. The van der Waals surface area contributed by atoms with Crippen molar-refractivity contribution < 1.29 is 22.7 Å². The van der Waals surface area contributed by atoms with Crippen molar-refractivity contribution in [1.29, 1.82) is 0 Å². The minimum absolute atomic E-state index is 0.0256. The van der Waals surface area contributed by atoms with Crippen LogP contribution in [0.25, 0.3) is 0 Å². The summed E-state index contributed by atoms with van der Waals surface area (Å²) >= 11 is 0. The van der Waals surface area contributed by atoms with E-state index in [4.69, 9.17) is 4.74 Å². The molecule has 0 radical (unpaired) electrons. The summed E-state index contributed by atoms with van der Waals surface area (Å²) < 4.78 is 44.8. The lowest BCUT2D eigenvalue weighted by Crippen LogP contribution is -2.42. The molecule has 2 heterocycles. The quantitative estimate of drug-likeness (QED) is 0.917. The second-order valence-electron chi connectivity index (χ2n) is 5.05. The van der Waals surface area contributed by atoms with E-state index in [-0.39, 0.29) is 31.0 Å². The van der Waals surface area contributed by atoms with E-state index < -0.39 is 23.8 Å². The molecule has 1 unspecified atom stereocenters. The van der Waals surface area contributed by atoms with Crippen LogP contribution in [-0.2, 0) is 10.9 Å². The molecule has 1 aliphatic heterocycles. The SMILES string of the molecule is O=C(c1cn[nH]n1)N1CCOC(c2ccccc2C(F)(F)F)C1. The van der Waals surface area contributed by atoms with Crippen LogP contribution in [0.4, 0.5) is 13.2 Å². The third-order valence-electron chi connectivity index (χ3n) is 3.60. The fourth-order valence-electron chi connectivity index (χ4n) is 2.52. The fourth-order valence-corrected chi connectivity index (χ4v) is 2.52. The van der Waals surface area contributed by atoms with Gasteiger partial charge >= 0.3 is 6.18 Å². The lowest BCUT2D eigenvalue weighted by atomic mass is 10.0. The Hall–Kier alpha value is -2.42. The largest absolute Gasteiger partial charge is 0.416 e. The van der Waals surface area contributed by atoms with Crippen molar-refractivity contribution >= 4 is 5.91 Å². The van der Waals surface area contributed by atoms with Crippen molar-refractivity contribution in [1.82, 2.24) is 20.3 Å². The molecule has 1 amide bonds. The highest BCUT2D eigenvalue weighted by Crippen LogP contribution is 2.36. The number of alkyl halides is 3. The number of morpholine rings is 1. The van der Waals surface area contributed by atoms with E-state index in [2.05, 4.69) is 15.4 Å². The van der Waals surface area contributed by atoms with Gasteiger partial charge in [0.25, 0.3) is 5.91 Å². The van der Waals surface area contributed by atoms with Crippen molar-refractivity contribution in [2.75, 3.05) is 19.7 Å². The average molecular weight is 326 g/mol. The molecule has 0 spiro atoms. The minimum Gasteiger partial charge on any atom is -0.370 e. The van der Waals surface area contributed by atoms with E-state index in [1.165, 1.54) is 29.3 Å². The van der Waals surface area contributed by atoms with Crippen LogP contribution in [0.1, 0.15) is 27.7 Å². The first kappa shape index (κ1) is 15.5. The summed E-state index contributed by atoms with van der Waals surface area (Å²) in [7, 11) is 0. The number of amides is 1. The van der Waals surface area contributed by atoms with E-state index in [0.29, 0.717) is 0 Å². The maximum absolute atomic E-state index is 13.1. The predicted octanol–water partition coefficient (Wildman–Crippen LogP) is 2.04. The molecule has 0 aliphatic carbocycles. The highest BCUT2D eigenvalue weighted by atomic mass is 19.4. The Morgan fingerprint density at radius 1 is 1.35 bits per heavy atom. The summed E-state index contributed by atoms with van der Waals surface area (Å²) in [6.45, 7) is 0.468. The van der Waals surface area contributed by atoms with Gasteiger partial charge in [-0.3, -0.25) is 4.79 Å². The first-order chi connectivity index (χ1) is 11.0. The number of carbonyl (C=O) groups excluding carboxylic acids is 1. The Morgan fingerprint density at radius 2 is 2.13 bits per heavy atom. The zero-order chi connectivity index (χ0) is 16.4. The van der Waals surface area contributed by atoms with Crippen LogP contribution in [-0.4, -0.2) is 45.9 Å². The molecule has 1 saturated heterocycles. The molecular weight excluding hydrogens is 313 g/mol. The molecule has 1 atom stereocenters. The summed E-state index contributed by atoms with van der Waals surface area (Å²) in [5.74, 6) is -0.392. The standard InChI is InChI=1S/C14H13F3N4O2/c15-14(16,17)10-4-2-1-3-9(10)12-8-21(5-6-23-12)13(22)11-7-18-20-19-11/h1-4,7,12H,5-6,8H2,(H,18,19,20). The molecule has 6 nitrogen and oxygen atoms in total. The molecule has 1 aliphatic rings. The number of hydrogen-bond donors (Lipinski definition) is 1. The Labute approximate surface area is 129 Å². The van der Waals surface area contributed by atoms with Gasteiger partial charge in [0.05, 0.1) is 24.9 Å². The van der Waals surface area contributed by atoms with Gasteiger partial charge < -0.3 is 9.64 Å². The maximum Gasteiger partial charge on any atom is 0.416 e. The average Bonchev–Trinajstić information content (AvgIpc) is 3.08. The highest BCUT2D eigenvalue weighted by Gasteiger charge is 2.37. The Kier molecular flexibility index (Phi) is 4.03. The predicted molar refractivity (Wildman–Crippen MR) is 72.4 cm³/mol. The van der Waals surface area contributed by atoms with Gasteiger partial charge in [-0.25, -0.2) is 0 Å². The zero-order valence-corrected chi connectivity index (χ0v) is 11.9. The first-order valence-corrected chi connectivity index (χ1v) is 6.89. The smallest absolute Gasteiger partial charge is 0.370 e. The minimum atomic E-state index is -4.47. The van der Waals surface area contributed by atoms with Gasteiger partial charge in [0.15, 0.2) is 5.69 Å². The van der Waals surface area contributed by atoms with E-state index >= 15 is 0 Å². The number of nitrogens with zero attached hydrogens (tertiary/aromatic N) is 3. The van der Waals surface area contributed by atoms with Gasteiger partial charge in [-0.15, -0.1) is 0 Å². The number of aromatic nitrogens is 3. The second kappa shape index (κ2) is 5.99. The van der Waals surface area contributed by atoms with E-state index in [1.807, 2.05) is 0 Å². The molecule has 1 aromatic heterocycles. The lowest BCUT2D eigenvalue weighted by molar-refractivity contribution is -0.140. The number of ether oxygens (including phenoxy) is 1. The summed E-state index contributed by atoms with van der Waals surface area (Å²) in [6, 6.07) is 5.23.